The molecule has 1 aromatic rings. The van der Waals surface area contributed by atoms with Crippen LogP contribution in [0, 0.1) is 11.8 Å². The maximum absolute atomic E-state index is 12.0. The Labute approximate surface area is 120 Å². The van der Waals surface area contributed by atoms with Crippen molar-refractivity contribution in [2.24, 2.45) is 11.8 Å². The number of carbonyl (C=O) groups is 2. The predicted molar refractivity (Wildman–Crippen MR) is 75.0 cm³/mol. The van der Waals surface area contributed by atoms with Crippen LogP contribution in [0.4, 0.5) is 9.93 Å². The van der Waals surface area contributed by atoms with E-state index >= 15 is 0 Å². The molecule has 1 saturated heterocycles. The number of carbonyl (C=O) groups excluding carboxylic acids is 1. The standard InChI is InChI=1S/C13H17N3O3S/c1-7(11(17)18)9-4-16(5-9)13(19)15-12-14-10(6-20-12)8-2-3-8/h6-9H,2-5H2,1H3,(H,17,18)(H,14,15,19). The van der Waals surface area contributed by atoms with E-state index in [0.717, 1.165) is 5.69 Å². The summed E-state index contributed by atoms with van der Waals surface area (Å²) in [4.78, 5) is 28.8. The van der Waals surface area contributed by atoms with Gasteiger partial charge in [-0.25, -0.2) is 9.78 Å². The van der Waals surface area contributed by atoms with E-state index in [1.54, 1.807) is 11.8 Å². The summed E-state index contributed by atoms with van der Waals surface area (Å²) >= 11 is 1.45. The minimum Gasteiger partial charge on any atom is -0.481 e. The Morgan fingerprint density at radius 1 is 1.50 bits per heavy atom. The quantitative estimate of drug-likeness (QED) is 0.892. The smallest absolute Gasteiger partial charge is 0.323 e. The summed E-state index contributed by atoms with van der Waals surface area (Å²) in [5, 5.41) is 14.3. The first-order valence-corrected chi connectivity index (χ1v) is 7.66. The van der Waals surface area contributed by atoms with Crippen LogP contribution in [0.3, 0.4) is 0 Å². The minimum atomic E-state index is -0.802. The Balaban J connectivity index is 1.49. The molecule has 1 atom stereocenters. The average molecular weight is 295 g/mol. The molecule has 20 heavy (non-hydrogen) atoms. The predicted octanol–water partition coefficient (Wildman–Crippen LogP) is 2.20. The molecule has 1 aliphatic heterocycles. The zero-order chi connectivity index (χ0) is 14.3. The molecule has 6 nitrogen and oxygen atoms in total. The molecule has 0 radical (unpaired) electrons. The maximum atomic E-state index is 12.0. The van der Waals surface area contributed by atoms with E-state index in [4.69, 9.17) is 5.11 Å². The number of urea groups is 1. The number of hydrogen-bond donors (Lipinski definition) is 2. The molecule has 2 aliphatic rings. The van der Waals surface area contributed by atoms with Gasteiger partial charge in [0.2, 0.25) is 0 Å². The molecular weight excluding hydrogens is 278 g/mol. The highest BCUT2D eigenvalue weighted by Crippen LogP contribution is 2.41. The highest BCUT2D eigenvalue weighted by molar-refractivity contribution is 7.13. The van der Waals surface area contributed by atoms with E-state index in [-0.39, 0.29) is 11.9 Å². The summed E-state index contributed by atoms with van der Waals surface area (Å²) in [7, 11) is 0. The fourth-order valence-corrected chi connectivity index (χ4v) is 3.06. The number of aromatic nitrogens is 1. The molecule has 108 valence electrons. The molecule has 3 rings (SSSR count). The highest BCUT2D eigenvalue weighted by Gasteiger charge is 2.37. The molecule has 1 unspecified atom stereocenters. The van der Waals surface area contributed by atoms with Gasteiger partial charge in [-0.1, -0.05) is 6.92 Å². The Bertz CT molecular complexity index is 535. The number of amides is 2. The molecule has 2 fully saturated rings. The van der Waals surface area contributed by atoms with Gasteiger partial charge in [-0.15, -0.1) is 11.3 Å². The number of carboxylic acids is 1. The van der Waals surface area contributed by atoms with Gasteiger partial charge in [0.15, 0.2) is 5.13 Å². The lowest BCUT2D eigenvalue weighted by Gasteiger charge is -2.40. The third-order valence-electron chi connectivity index (χ3n) is 4.03. The van der Waals surface area contributed by atoms with Gasteiger partial charge < -0.3 is 10.0 Å². The maximum Gasteiger partial charge on any atom is 0.323 e. The zero-order valence-corrected chi connectivity index (χ0v) is 12.0. The third-order valence-corrected chi connectivity index (χ3v) is 4.80. The molecule has 1 aromatic heterocycles. The number of anilines is 1. The lowest BCUT2D eigenvalue weighted by molar-refractivity contribution is -0.144. The van der Waals surface area contributed by atoms with Crippen LogP contribution >= 0.6 is 11.3 Å². The molecule has 1 saturated carbocycles. The van der Waals surface area contributed by atoms with E-state index in [1.807, 2.05) is 5.38 Å². The van der Waals surface area contributed by atoms with Gasteiger partial charge in [0.25, 0.3) is 0 Å². The van der Waals surface area contributed by atoms with Crippen molar-refractivity contribution in [1.82, 2.24) is 9.88 Å². The summed E-state index contributed by atoms with van der Waals surface area (Å²) in [6, 6.07) is -0.185. The van der Waals surface area contributed by atoms with Crippen molar-refractivity contribution in [3.05, 3.63) is 11.1 Å². The molecule has 1 aliphatic carbocycles. The first kappa shape index (κ1) is 13.4. The number of hydrogen-bond acceptors (Lipinski definition) is 4. The van der Waals surface area contributed by atoms with Crippen molar-refractivity contribution in [2.45, 2.75) is 25.7 Å². The molecule has 0 spiro atoms. The van der Waals surface area contributed by atoms with Gasteiger partial charge in [-0.2, -0.15) is 0 Å². The topological polar surface area (TPSA) is 82.5 Å². The summed E-state index contributed by atoms with van der Waals surface area (Å²) in [5.74, 6) is -0.567. The molecule has 0 bridgehead atoms. The molecule has 7 heteroatoms. The van der Waals surface area contributed by atoms with Crippen LogP contribution in [-0.2, 0) is 4.79 Å². The van der Waals surface area contributed by atoms with Crippen LogP contribution in [0.25, 0.3) is 0 Å². The zero-order valence-electron chi connectivity index (χ0n) is 11.2. The van der Waals surface area contributed by atoms with Crippen LogP contribution in [0.1, 0.15) is 31.4 Å². The second-order valence-electron chi connectivity index (χ2n) is 5.57. The number of nitrogens with one attached hydrogen (secondary N) is 1. The Morgan fingerprint density at radius 3 is 2.80 bits per heavy atom. The van der Waals surface area contributed by atoms with E-state index < -0.39 is 11.9 Å². The van der Waals surface area contributed by atoms with E-state index in [9.17, 15) is 9.59 Å². The molecule has 0 aromatic carbocycles. The normalized spacial score (nSPS) is 20.4. The van der Waals surface area contributed by atoms with Crippen molar-refractivity contribution in [3.8, 4) is 0 Å². The van der Waals surface area contributed by atoms with Gasteiger partial charge in [0.1, 0.15) is 0 Å². The third kappa shape index (κ3) is 2.63. The van der Waals surface area contributed by atoms with Crippen LogP contribution in [0.15, 0.2) is 5.38 Å². The van der Waals surface area contributed by atoms with E-state index in [0.29, 0.717) is 24.1 Å². The summed E-state index contributed by atoms with van der Waals surface area (Å²) in [6.07, 6.45) is 2.38. The second-order valence-corrected chi connectivity index (χ2v) is 6.43. The molecular formula is C13H17N3O3S. The molecule has 2 amide bonds. The number of likely N-dealkylation sites (tertiary alicyclic amines) is 1. The number of thiazole rings is 1. The summed E-state index contributed by atoms with van der Waals surface area (Å²) in [5.41, 5.74) is 1.08. The highest BCUT2D eigenvalue weighted by atomic mass is 32.1. The second kappa shape index (κ2) is 5.05. The number of rotatable bonds is 4. The van der Waals surface area contributed by atoms with Gasteiger partial charge >= 0.3 is 12.0 Å². The van der Waals surface area contributed by atoms with Crippen molar-refractivity contribution in [1.29, 1.82) is 0 Å². The average Bonchev–Trinajstić information content (AvgIpc) is 3.08. The lowest BCUT2D eigenvalue weighted by Crippen LogP contribution is -2.54. The van der Waals surface area contributed by atoms with Crippen LogP contribution in [-0.4, -0.2) is 40.1 Å². The molecule has 2 N–H and O–H groups in total. The van der Waals surface area contributed by atoms with E-state index in [1.165, 1.54) is 24.2 Å². The minimum absolute atomic E-state index is 0.0524. The van der Waals surface area contributed by atoms with Gasteiger partial charge in [0.05, 0.1) is 11.6 Å². The lowest BCUT2D eigenvalue weighted by atomic mass is 9.87. The van der Waals surface area contributed by atoms with Gasteiger partial charge in [-0.05, 0) is 12.8 Å². The van der Waals surface area contributed by atoms with Crippen LogP contribution in [0.2, 0.25) is 0 Å². The van der Waals surface area contributed by atoms with Gasteiger partial charge in [-0.3, -0.25) is 10.1 Å². The summed E-state index contributed by atoms with van der Waals surface area (Å²) in [6.45, 7) is 2.69. The van der Waals surface area contributed by atoms with Crippen molar-refractivity contribution >= 4 is 28.5 Å². The SMILES string of the molecule is CC(C(=O)O)C1CN(C(=O)Nc2nc(C3CC3)cs2)C1. The van der Waals surface area contributed by atoms with Crippen molar-refractivity contribution in [3.63, 3.8) is 0 Å². The van der Waals surface area contributed by atoms with E-state index in [2.05, 4.69) is 10.3 Å². The number of carboxylic acid groups (broad SMARTS) is 1. The first-order valence-electron chi connectivity index (χ1n) is 6.78. The van der Waals surface area contributed by atoms with Crippen LogP contribution in [0.5, 0.6) is 0 Å². The van der Waals surface area contributed by atoms with Gasteiger partial charge in [0, 0.05) is 30.3 Å². The fourth-order valence-electron chi connectivity index (χ4n) is 2.28. The summed E-state index contributed by atoms with van der Waals surface area (Å²) < 4.78 is 0. The largest absolute Gasteiger partial charge is 0.481 e. The fraction of sp³-hybridized carbons (Fsp3) is 0.615. The first-order chi connectivity index (χ1) is 9.54. The number of nitrogens with zero attached hydrogens (tertiary/aromatic N) is 2. The Kier molecular flexibility index (Phi) is 3.37. The van der Waals surface area contributed by atoms with Crippen molar-refractivity contribution < 1.29 is 14.7 Å². The van der Waals surface area contributed by atoms with Crippen LogP contribution < -0.4 is 5.32 Å². The monoisotopic (exact) mass is 295 g/mol. The number of aliphatic carboxylic acids is 1. The van der Waals surface area contributed by atoms with Crippen molar-refractivity contribution in [2.75, 3.05) is 18.4 Å². The Morgan fingerprint density at radius 2 is 2.20 bits per heavy atom. The molecule has 2 heterocycles. The Hall–Kier alpha value is -1.63.